The molecule has 0 saturated heterocycles. The Hall–Kier alpha value is -3.06. The van der Waals surface area contributed by atoms with Crippen molar-refractivity contribution >= 4 is 21.4 Å². The number of amides is 1. The van der Waals surface area contributed by atoms with Crippen LogP contribution in [0.3, 0.4) is 0 Å². The molecule has 1 aromatic heterocycles. The van der Waals surface area contributed by atoms with Crippen LogP contribution in [0.15, 0.2) is 70.0 Å². The van der Waals surface area contributed by atoms with Gasteiger partial charge in [-0.25, -0.2) is 8.42 Å². The number of aryl methyl sites for hydroxylation is 1. The van der Waals surface area contributed by atoms with Gasteiger partial charge in [-0.2, -0.15) is 0 Å². The Kier molecular flexibility index (Phi) is 5.32. The lowest BCUT2D eigenvalue weighted by molar-refractivity contribution is 0.0992. The largest absolute Gasteiger partial charge is 0.486 e. The van der Waals surface area contributed by atoms with E-state index in [0.29, 0.717) is 17.2 Å². The predicted molar refractivity (Wildman–Crippen MR) is 102 cm³/mol. The van der Waals surface area contributed by atoms with E-state index in [-0.39, 0.29) is 17.3 Å². The van der Waals surface area contributed by atoms with Gasteiger partial charge >= 0.3 is 0 Å². The van der Waals surface area contributed by atoms with Crippen molar-refractivity contribution in [2.24, 2.45) is 0 Å². The summed E-state index contributed by atoms with van der Waals surface area (Å²) in [5, 5.41) is 2.66. The Balaban J connectivity index is 1.60. The maximum absolute atomic E-state index is 12.3. The Labute approximate surface area is 157 Å². The molecule has 0 aliphatic rings. The minimum Gasteiger partial charge on any atom is -0.486 e. The Morgan fingerprint density at radius 2 is 1.67 bits per heavy atom. The standard InChI is InChI=1S/C20H19NO5S/c1-14-3-7-16(8-4-14)25-13-17-9-12-19(26-17)20(22)21-15-5-10-18(11-6-15)27(2,23)24/h3-12H,13H2,1-2H3,(H,21,22). The van der Waals surface area contributed by atoms with Crippen LogP contribution in [0.4, 0.5) is 5.69 Å². The second kappa shape index (κ2) is 7.67. The van der Waals surface area contributed by atoms with Crippen molar-refractivity contribution in [3.8, 4) is 5.75 Å². The number of nitrogens with one attached hydrogen (secondary N) is 1. The molecule has 1 N–H and O–H groups in total. The minimum atomic E-state index is -3.27. The van der Waals surface area contributed by atoms with E-state index in [1.54, 1.807) is 12.1 Å². The zero-order valence-electron chi connectivity index (χ0n) is 14.9. The molecule has 3 aromatic rings. The molecule has 0 fully saturated rings. The Morgan fingerprint density at radius 1 is 1.00 bits per heavy atom. The second-order valence-corrected chi connectivity index (χ2v) is 8.13. The van der Waals surface area contributed by atoms with Gasteiger partial charge in [0.1, 0.15) is 18.1 Å². The molecule has 0 spiro atoms. The number of ether oxygens (including phenoxy) is 1. The number of sulfone groups is 1. The lowest BCUT2D eigenvalue weighted by Gasteiger charge is -2.05. The quantitative estimate of drug-likeness (QED) is 0.697. The van der Waals surface area contributed by atoms with Crippen LogP contribution in [0, 0.1) is 6.92 Å². The highest BCUT2D eigenvalue weighted by Gasteiger charge is 2.13. The number of carbonyl (C=O) groups excluding carboxylic acids is 1. The highest BCUT2D eigenvalue weighted by molar-refractivity contribution is 7.90. The number of rotatable bonds is 6. The first-order valence-corrected chi connectivity index (χ1v) is 10.1. The summed E-state index contributed by atoms with van der Waals surface area (Å²) in [5.41, 5.74) is 1.62. The molecule has 0 aliphatic heterocycles. The number of benzene rings is 2. The van der Waals surface area contributed by atoms with Gasteiger partial charge in [-0.1, -0.05) is 17.7 Å². The van der Waals surface area contributed by atoms with E-state index in [1.807, 2.05) is 31.2 Å². The molecule has 1 heterocycles. The number of hydrogen-bond donors (Lipinski definition) is 1. The minimum absolute atomic E-state index is 0.143. The molecule has 3 rings (SSSR count). The van der Waals surface area contributed by atoms with Gasteiger partial charge in [0.05, 0.1) is 4.90 Å². The first-order valence-electron chi connectivity index (χ1n) is 8.21. The van der Waals surface area contributed by atoms with Crippen molar-refractivity contribution < 1.29 is 22.4 Å². The van der Waals surface area contributed by atoms with E-state index in [1.165, 1.54) is 24.3 Å². The predicted octanol–water partition coefficient (Wildman–Crippen LogP) is 3.82. The van der Waals surface area contributed by atoms with Gasteiger partial charge in [-0.05, 0) is 55.5 Å². The van der Waals surface area contributed by atoms with E-state index < -0.39 is 15.7 Å². The van der Waals surface area contributed by atoms with E-state index >= 15 is 0 Å². The summed E-state index contributed by atoms with van der Waals surface area (Å²) in [4.78, 5) is 12.4. The third-order valence-corrected chi connectivity index (χ3v) is 4.96. The topological polar surface area (TPSA) is 85.6 Å². The highest BCUT2D eigenvalue weighted by atomic mass is 32.2. The number of furan rings is 1. The molecule has 6 nitrogen and oxygen atoms in total. The lowest BCUT2D eigenvalue weighted by Crippen LogP contribution is -2.11. The Bertz CT molecular complexity index is 1030. The molecule has 0 saturated carbocycles. The molecule has 0 unspecified atom stereocenters. The lowest BCUT2D eigenvalue weighted by atomic mass is 10.2. The molecular formula is C20H19NO5S. The van der Waals surface area contributed by atoms with Crippen LogP contribution in [0.1, 0.15) is 21.9 Å². The fraction of sp³-hybridized carbons (Fsp3) is 0.150. The summed E-state index contributed by atoms with van der Waals surface area (Å²) < 4.78 is 34.0. The van der Waals surface area contributed by atoms with Crippen LogP contribution in [0.2, 0.25) is 0 Å². The third kappa shape index (κ3) is 4.98. The van der Waals surface area contributed by atoms with Gasteiger partial charge in [0, 0.05) is 11.9 Å². The van der Waals surface area contributed by atoms with Crippen LogP contribution in [-0.2, 0) is 16.4 Å². The molecule has 2 aromatic carbocycles. The van der Waals surface area contributed by atoms with Crippen molar-refractivity contribution in [2.75, 3.05) is 11.6 Å². The molecule has 140 valence electrons. The average molecular weight is 385 g/mol. The first-order chi connectivity index (χ1) is 12.8. The van der Waals surface area contributed by atoms with Gasteiger partial charge in [-0.15, -0.1) is 0 Å². The monoisotopic (exact) mass is 385 g/mol. The van der Waals surface area contributed by atoms with Gasteiger partial charge < -0.3 is 14.5 Å². The summed E-state index contributed by atoms with van der Waals surface area (Å²) in [6.07, 6.45) is 1.13. The van der Waals surface area contributed by atoms with E-state index in [4.69, 9.17) is 9.15 Å². The molecule has 0 radical (unpaired) electrons. The molecular weight excluding hydrogens is 366 g/mol. The van der Waals surface area contributed by atoms with Crippen LogP contribution in [0.5, 0.6) is 5.75 Å². The van der Waals surface area contributed by atoms with E-state index in [9.17, 15) is 13.2 Å². The van der Waals surface area contributed by atoms with Crippen molar-refractivity contribution in [2.45, 2.75) is 18.4 Å². The van der Waals surface area contributed by atoms with E-state index in [2.05, 4.69) is 5.32 Å². The molecule has 27 heavy (non-hydrogen) atoms. The summed E-state index contributed by atoms with van der Waals surface area (Å²) in [7, 11) is -3.27. The van der Waals surface area contributed by atoms with Crippen LogP contribution in [-0.4, -0.2) is 20.6 Å². The summed E-state index contributed by atoms with van der Waals surface area (Å²) >= 11 is 0. The van der Waals surface area contributed by atoms with Gasteiger partial charge in [0.2, 0.25) is 0 Å². The van der Waals surface area contributed by atoms with Crippen LogP contribution >= 0.6 is 0 Å². The maximum Gasteiger partial charge on any atom is 0.291 e. The second-order valence-electron chi connectivity index (χ2n) is 6.12. The molecule has 0 atom stereocenters. The van der Waals surface area contributed by atoms with Gasteiger partial charge in [0.25, 0.3) is 5.91 Å². The number of carbonyl (C=O) groups is 1. The highest BCUT2D eigenvalue weighted by Crippen LogP contribution is 2.18. The van der Waals surface area contributed by atoms with Crippen LogP contribution in [0.25, 0.3) is 0 Å². The molecule has 1 amide bonds. The fourth-order valence-corrected chi connectivity index (χ4v) is 2.98. The maximum atomic E-state index is 12.3. The first kappa shape index (κ1) is 18.7. The van der Waals surface area contributed by atoms with Crippen LogP contribution < -0.4 is 10.1 Å². The number of hydrogen-bond acceptors (Lipinski definition) is 5. The van der Waals surface area contributed by atoms with Crippen molar-refractivity contribution in [3.63, 3.8) is 0 Å². The smallest absolute Gasteiger partial charge is 0.291 e. The van der Waals surface area contributed by atoms with Gasteiger partial charge in [0.15, 0.2) is 15.6 Å². The van der Waals surface area contributed by atoms with Crippen molar-refractivity contribution in [3.05, 3.63) is 77.7 Å². The average Bonchev–Trinajstić information content (AvgIpc) is 3.10. The normalized spacial score (nSPS) is 11.2. The summed E-state index contributed by atoms with van der Waals surface area (Å²) in [6, 6.07) is 16.8. The zero-order valence-corrected chi connectivity index (χ0v) is 15.7. The van der Waals surface area contributed by atoms with Gasteiger partial charge in [-0.3, -0.25) is 4.79 Å². The fourth-order valence-electron chi connectivity index (χ4n) is 2.34. The SMILES string of the molecule is Cc1ccc(OCc2ccc(C(=O)Nc3ccc(S(C)(=O)=O)cc3)o2)cc1. The summed E-state index contributed by atoms with van der Waals surface area (Å²) in [6.45, 7) is 2.20. The molecule has 0 aliphatic carbocycles. The summed E-state index contributed by atoms with van der Waals surface area (Å²) in [5.74, 6) is 0.954. The van der Waals surface area contributed by atoms with Crippen molar-refractivity contribution in [1.82, 2.24) is 0 Å². The number of anilines is 1. The molecule has 0 bridgehead atoms. The Morgan fingerprint density at radius 3 is 2.30 bits per heavy atom. The van der Waals surface area contributed by atoms with Crippen molar-refractivity contribution in [1.29, 1.82) is 0 Å². The zero-order chi connectivity index (χ0) is 19.4. The third-order valence-electron chi connectivity index (χ3n) is 3.83. The van der Waals surface area contributed by atoms with E-state index in [0.717, 1.165) is 11.8 Å². The molecule has 7 heteroatoms.